The monoisotopic (exact) mass is 592 g/mol. The van der Waals surface area contributed by atoms with Gasteiger partial charge in [0.15, 0.2) is 6.10 Å². The molecule has 2 aromatic carbocycles. The highest BCUT2D eigenvalue weighted by atomic mass is 35.5. The average molecular weight is 593 g/mol. The molecule has 0 saturated heterocycles. The Balaban J connectivity index is 1.83. The van der Waals surface area contributed by atoms with Crippen molar-refractivity contribution < 1.29 is 19.6 Å². The molecule has 0 fully saturated rings. The highest BCUT2D eigenvalue weighted by Crippen LogP contribution is 2.37. The van der Waals surface area contributed by atoms with Gasteiger partial charge in [-0.15, -0.1) is 5.10 Å². The van der Waals surface area contributed by atoms with Crippen molar-refractivity contribution >= 4 is 45.5 Å². The SMILES string of the molecule is [2H]C(Nc1cc(Cl)c2ncc(C#N)c(NCC(C)(C)C)c2c1)(c1cn(CC(O)C(F)(F)F)nn1)c1ccccc1Cl. The average Bonchev–Trinajstić information content (AvgIpc) is 3.35. The van der Waals surface area contributed by atoms with Crippen molar-refractivity contribution in [3.05, 3.63) is 75.7 Å². The first kappa shape index (κ1) is 28.0. The number of halogens is 5. The molecule has 0 bridgehead atoms. The summed E-state index contributed by atoms with van der Waals surface area (Å²) in [7, 11) is 0. The second-order valence-electron chi connectivity index (χ2n) is 10.3. The number of anilines is 2. The molecule has 13 heteroatoms. The fourth-order valence-electron chi connectivity index (χ4n) is 3.82. The Hall–Kier alpha value is -3.59. The minimum Gasteiger partial charge on any atom is -0.383 e. The number of aliphatic hydroxyl groups is 1. The lowest BCUT2D eigenvalue weighted by atomic mass is 9.96. The zero-order valence-electron chi connectivity index (χ0n) is 22.7. The van der Waals surface area contributed by atoms with Gasteiger partial charge in [-0.3, -0.25) is 4.98 Å². The predicted octanol–water partition coefficient (Wildman–Crippen LogP) is 6.59. The summed E-state index contributed by atoms with van der Waals surface area (Å²) in [5.74, 6) is 0. The van der Waals surface area contributed by atoms with E-state index in [1.54, 1.807) is 30.3 Å². The van der Waals surface area contributed by atoms with E-state index >= 15 is 0 Å². The maximum atomic E-state index is 12.9. The zero-order chi connectivity index (χ0) is 30.2. The molecule has 0 aliphatic carbocycles. The van der Waals surface area contributed by atoms with Gasteiger partial charge in [-0.2, -0.15) is 18.4 Å². The Kier molecular flexibility index (Phi) is 8.03. The maximum absolute atomic E-state index is 12.9. The van der Waals surface area contributed by atoms with E-state index in [2.05, 4.69) is 32.0 Å². The molecule has 0 aliphatic rings. The van der Waals surface area contributed by atoms with Crippen LogP contribution < -0.4 is 10.6 Å². The number of aliphatic hydroxyl groups excluding tert-OH is 1. The number of hydrogen-bond acceptors (Lipinski definition) is 7. The molecule has 40 heavy (non-hydrogen) atoms. The van der Waals surface area contributed by atoms with E-state index in [0.29, 0.717) is 34.4 Å². The summed E-state index contributed by atoms with van der Waals surface area (Å²) in [6, 6.07) is 9.82. The Morgan fingerprint density at radius 2 is 1.90 bits per heavy atom. The van der Waals surface area contributed by atoms with Gasteiger partial charge >= 0.3 is 6.18 Å². The van der Waals surface area contributed by atoms with E-state index in [1.807, 2.05) is 20.8 Å². The maximum Gasteiger partial charge on any atom is 0.416 e. The van der Waals surface area contributed by atoms with E-state index < -0.39 is 24.8 Å². The van der Waals surface area contributed by atoms with E-state index in [0.717, 1.165) is 10.9 Å². The van der Waals surface area contributed by atoms with Crippen molar-refractivity contribution in [2.24, 2.45) is 5.41 Å². The summed E-state index contributed by atoms with van der Waals surface area (Å²) in [5, 5.41) is 34.2. The first-order valence-electron chi connectivity index (χ1n) is 12.6. The van der Waals surface area contributed by atoms with E-state index in [-0.39, 0.29) is 26.7 Å². The van der Waals surface area contributed by atoms with Crippen LogP contribution in [-0.2, 0) is 6.54 Å². The lowest BCUT2D eigenvalue weighted by molar-refractivity contribution is -0.208. The van der Waals surface area contributed by atoms with Gasteiger partial charge < -0.3 is 15.7 Å². The normalized spacial score (nSPS) is 14.8. The molecular weight excluding hydrogens is 566 g/mol. The molecule has 2 unspecified atom stereocenters. The number of fused-ring (bicyclic) bond motifs is 1. The fourth-order valence-corrected chi connectivity index (χ4v) is 4.32. The van der Waals surface area contributed by atoms with Crippen LogP contribution in [0, 0.1) is 16.7 Å². The molecule has 3 N–H and O–H groups in total. The highest BCUT2D eigenvalue weighted by molar-refractivity contribution is 6.36. The second-order valence-corrected chi connectivity index (χ2v) is 11.1. The van der Waals surface area contributed by atoms with Crippen molar-refractivity contribution in [3.8, 4) is 6.07 Å². The molecular formula is C27H26Cl2F3N7O. The molecule has 8 nitrogen and oxygen atoms in total. The first-order chi connectivity index (χ1) is 19.1. The van der Waals surface area contributed by atoms with Crippen LogP contribution >= 0.6 is 23.2 Å². The van der Waals surface area contributed by atoms with Crippen molar-refractivity contribution in [3.63, 3.8) is 0 Å². The molecule has 2 heterocycles. The number of benzene rings is 2. The van der Waals surface area contributed by atoms with Gasteiger partial charge in [0.25, 0.3) is 0 Å². The molecule has 2 aromatic heterocycles. The third-order valence-corrected chi connectivity index (χ3v) is 6.40. The van der Waals surface area contributed by atoms with Gasteiger partial charge in [-0.05, 0) is 29.2 Å². The minimum absolute atomic E-state index is 0.0915. The topological polar surface area (TPSA) is 112 Å². The number of nitrogens with zero attached hydrogens (tertiary/aromatic N) is 5. The molecule has 4 rings (SSSR count). The Morgan fingerprint density at radius 1 is 1.18 bits per heavy atom. The van der Waals surface area contributed by atoms with E-state index in [1.165, 1.54) is 12.3 Å². The van der Waals surface area contributed by atoms with Crippen molar-refractivity contribution in [2.45, 2.75) is 45.6 Å². The standard InChI is InChI=1S/C27H26Cl2F3N7O/c1-26(2,3)14-35-23-15(10-33)11-34-24-18(23)8-16(9-20(24)29)36-25(17-6-4-5-7-19(17)28)21-12-39(38-37-21)13-22(40)27(30,31)32/h4-9,11-12,22,25,36,40H,13-14H2,1-3H3,(H,34,35)/i25D. The molecule has 0 amide bonds. The summed E-state index contributed by atoms with van der Waals surface area (Å²) in [4.78, 5) is 4.34. The molecule has 210 valence electrons. The van der Waals surface area contributed by atoms with Crippen molar-refractivity contribution in [1.82, 2.24) is 20.0 Å². The third-order valence-electron chi connectivity index (χ3n) is 5.79. The lowest BCUT2D eigenvalue weighted by Gasteiger charge is -2.22. The molecule has 0 radical (unpaired) electrons. The number of aromatic nitrogens is 4. The van der Waals surface area contributed by atoms with Crippen LogP contribution in [0.3, 0.4) is 0 Å². The molecule has 0 spiro atoms. The van der Waals surface area contributed by atoms with Crippen molar-refractivity contribution in [1.29, 1.82) is 5.26 Å². The number of rotatable bonds is 8. The largest absolute Gasteiger partial charge is 0.416 e. The van der Waals surface area contributed by atoms with Crippen molar-refractivity contribution in [2.75, 3.05) is 17.2 Å². The van der Waals surface area contributed by atoms with Gasteiger partial charge in [0, 0.05) is 28.8 Å². The Labute approximate surface area is 240 Å². The third kappa shape index (κ3) is 6.75. The van der Waals surface area contributed by atoms with Gasteiger partial charge in [-0.25, -0.2) is 4.68 Å². The van der Waals surface area contributed by atoms with Gasteiger partial charge in [0.05, 0.1) is 41.9 Å². The number of pyridine rings is 1. The summed E-state index contributed by atoms with van der Waals surface area (Å²) in [6.45, 7) is 5.73. The smallest absolute Gasteiger partial charge is 0.383 e. The zero-order valence-corrected chi connectivity index (χ0v) is 23.2. The fraction of sp³-hybridized carbons (Fsp3) is 0.333. The van der Waals surface area contributed by atoms with Gasteiger partial charge in [0.2, 0.25) is 0 Å². The first-order valence-corrected chi connectivity index (χ1v) is 12.8. The summed E-state index contributed by atoms with van der Waals surface area (Å²) in [5.41, 5.74) is 1.57. The molecule has 4 aromatic rings. The van der Waals surface area contributed by atoms with Gasteiger partial charge in [-0.1, -0.05) is 67.4 Å². The quantitative estimate of drug-likeness (QED) is 0.211. The number of nitriles is 1. The van der Waals surface area contributed by atoms with Crippen LogP contribution in [0.5, 0.6) is 0 Å². The van der Waals surface area contributed by atoms with E-state index in [9.17, 15) is 24.9 Å². The molecule has 0 aliphatic heterocycles. The van der Waals surface area contributed by atoms with Crippen LogP contribution in [0.15, 0.2) is 48.8 Å². The minimum atomic E-state index is -4.86. The lowest BCUT2D eigenvalue weighted by Crippen LogP contribution is -2.33. The predicted molar refractivity (Wildman–Crippen MR) is 148 cm³/mol. The van der Waals surface area contributed by atoms with Crippen LogP contribution in [0.25, 0.3) is 10.9 Å². The van der Waals surface area contributed by atoms with Crippen LogP contribution in [-0.4, -0.2) is 43.9 Å². The number of hydrogen-bond donors (Lipinski definition) is 3. The van der Waals surface area contributed by atoms with Gasteiger partial charge in [0.1, 0.15) is 11.8 Å². The van der Waals surface area contributed by atoms with Crippen LogP contribution in [0.2, 0.25) is 10.0 Å². The summed E-state index contributed by atoms with van der Waals surface area (Å²) < 4.78 is 49.1. The van der Waals surface area contributed by atoms with Crippen LogP contribution in [0.1, 0.15) is 45.0 Å². The summed E-state index contributed by atoms with van der Waals surface area (Å²) >= 11 is 13.1. The molecule has 0 saturated carbocycles. The Bertz CT molecular complexity index is 1620. The number of nitrogens with one attached hydrogen (secondary N) is 2. The molecule has 2 atom stereocenters. The second kappa shape index (κ2) is 11.5. The Morgan fingerprint density at radius 3 is 2.55 bits per heavy atom. The highest BCUT2D eigenvalue weighted by Gasteiger charge is 2.38. The summed E-state index contributed by atoms with van der Waals surface area (Å²) in [6.07, 6.45) is -4.97. The van der Waals surface area contributed by atoms with Crippen LogP contribution in [0.4, 0.5) is 24.5 Å². The van der Waals surface area contributed by atoms with E-state index in [4.69, 9.17) is 23.2 Å². The number of alkyl halides is 3.